The van der Waals surface area contributed by atoms with Crippen LogP contribution in [0.4, 0.5) is 0 Å². The SMILES string of the molecule is CC(C)Cc1ccnc(-c2cccc(C(C)(C)c3ccccc3)c2)c1. The first-order chi connectivity index (χ1) is 12.0. The van der Waals surface area contributed by atoms with E-state index >= 15 is 0 Å². The average molecular weight is 329 g/mol. The lowest BCUT2D eigenvalue weighted by Gasteiger charge is -2.26. The molecule has 0 N–H and O–H groups in total. The topological polar surface area (TPSA) is 12.9 Å². The molecule has 2 aromatic carbocycles. The first-order valence-electron chi connectivity index (χ1n) is 9.08. The normalized spacial score (nSPS) is 11.7. The van der Waals surface area contributed by atoms with E-state index in [4.69, 9.17) is 0 Å². The molecule has 0 aliphatic carbocycles. The summed E-state index contributed by atoms with van der Waals surface area (Å²) in [5.41, 5.74) is 6.21. The van der Waals surface area contributed by atoms with Crippen LogP contribution in [0.2, 0.25) is 0 Å². The van der Waals surface area contributed by atoms with Crippen molar-refractivity contribution in [1.29, 1.82) is 0 Å². The zero-order valence-corrected chi connectivity index (χ0v) is 15.7. The van der Waals surface area contributed by atoms with Crippen molar-refractivity contribution < 1.29 is 0 Å². The molecule has 0 spiro atoms. The third kappa shape index (κ3) is 3.99. The minimum Gasteiger partial charge on any atom is -0.256 e. The third-order valence-corrected chi connectivity index (χ3v) is 4.84. The van der Waals surface area contributed by atoms with E-state index in [1.54, 1.807) is 0 Å². The van der Waals surface area contributed by atoms with Crippen LogP contribution in [0.15, 0.2) is 72.9 Å². The number of hydrogen-bond acceptors (Lipinski definition) is 1. The largest absolute Gasteiger partial charge is 0.256 e. The first-order valence-corrected chi connectivity index (χ1v) is 9.08. The molecular weight excluding hydrogens is 302 g/mol. The van der Waals surface area contributed by atoms with Gasteiger partial charge in [-0.1, -0.05) is 76.2 Å². The first kappa shape index (κ1) is 17.4. The van der Waals surface area contributed by atoms with E-state index in [9.17, 15) is 0 Å². The average Bonchev–Trinajstić information content (AvgIpc) is 2.62. The molecule has 0 aliphatic heterocycles. The molecule has 0 atom stereocenters. The quantitative estimate of drug-likeness (QED) is 0.537. The standard InChI is InChI=1S/C24H27N/c1-18(2)15-19-13-14-25-23(16-19)20-9-8-12-22(17-20)24(3,4)21-10-6-5-7-11-21/h5-14,16-18H,15H2,1-4H3. The van der Waals surface area contributed by atoms with E-state index in [1.807, 2.05) is 6.20 Å². The Morgan fingerprint density at radius 2 is 1.56 bits per heavy atom. The maximum absolute atomic E-state index is 4.61. The minimum atomic E-state index is -0.0349. The summed E-state index contributed by atoms with van der Waals surface area (Å²) >= 11 is 0. The van der Waals surface area contributed by atoms with E-state index in [1.165, 1.54) is 22.3 Å². The molecule has 0 fully saturated rings. The van der Waals surface area contributed by atoms with Crippen LogP contribution in [0.25, 0.3) is 11.3 Å². The highest BCUT2D eigenvalue weighted by molar-refractivity contribution is 5.62. The maximum atomic E-state index is 4.61. The van der Waals surface area contributed by atoms with Gasteiger partial charge in [0.2, 0.25) is 0 Å². The van der Waals surface area contributed by atoms with Gasteiger partial charge in [0.1, 0.15) is 0 Å². The number of aromatic nitrogens is 1. The molecular formula is C24H27N. The van der Waals surface area contributed by atoms with Gasteiger partial charge in [0.15, 0.2) is 0 Å². The van der Waals surface area contributed by atoms with Crippen LogP contribution in [0.3, 0.4) is 0 Å². The van der Waals surface area contributed by atoms with Crippen molar-refractivity contribution in [3.05, 3.63) is 89.6 Å². The molecule has 0 aliphatic rings. The molecule has 1 heteroatoms. The van der Waals surface area contributed by atoms with Crippen LogP contribution in [-0.2, 0) is 11.8 Å². The minimum absolute atomic E-state index is 0.0349. The second kappa shape index (κ2) is 7.23. The van der Waals surface area contributed by atoms with E-state index in [0.29, 0.717) is 5.92 Å². The molecule has 3 aromatic rings. The maximum Gasteiger partial charge on any atom is 0.0704 e. The van der Waals surface area contributed by atoms with Crippen molar-refractivity contribution in [3.8, 4) is 11.3 Å². The summed E-state index contributed by atoms with van der Waals surface area (Å²) in [5, 5.41) is 0. The van der Waals surface area contributed by atoms with Gasteiger partial charge in [-0.05, 0) is 47.2 Å². The molecule has 0 amide bonds. The number of rotatable bonds is 5. The lowest BCUT2D eigenvalue weighted by molar-refractivity contribution is 0.641. The van der Waals surface area contributed by atoms with Gasteiger partial charge in [0, 0.05) is 17.2 Å². The highest BCUT2D eigenvalue weighted by atomic mass is 14.7. The van der Waals surface area contributed by atoms with Gasteiger partial charge < -0.3 is 0 Å². The Balaban J connectivity index is 1.97. The molecule has 0 radical (unpaired) electrons. The van der Waals surface area contributed by atoms with Gasteiger partial charge in [-0.3, -0.25) is 4.98 Å². The van der Waals surface area contributed by atoms with Crippen LogP contribution in [0.5, 0.6) is 0 Å². The van der Waals surface area contributed by atoms with Gasteiger partial charge >= 0.3 is 0 Å². The summed E-state index contributed by atoms with van der Waals surface area (Å²) in [6.07, 6.45) is 3.02. The summed E-state index contributed by atoms with van der Waals surface area (Å²) in [5.74, 6) is 0.651. The van der Waals surface area contributed by atoms with Crippen molar-refractivity contribution in [1.82, 2.24) is 4.98 Å². The number of hydrogen-bond donors (Lipinski definition) is 0. The summed E-state index contributed by atoms with van der Waals surface area (Å²) in [7, 11) is 0. The van der Waals surface area contributed by atoms with E-state index < -0.39 is 0 Å². The Bertz CT molecular complexity index is 831. The van der Waals surface area contributed by atoms with E-state index in [0.717, 1.165) is 12.1 Å². The van der Waals surface area contributed by atoms with Crippen molar-refractivity contribution in [2.45, 2.75) is 39.5 Å². The molecule has 25 heavy (non-hydrogen) atoms. The molecule has 0 unspecified atom stereocenters. The van der Waals surface area contributed by atoms with Gasteiger partial charge in [-0.15, -0.1) is 0 Å². The zero-order chi connectivity index (χ0) is 17.9. The van der Waals surface area contributed by atoms with Crippen LogP contribution in [0, 0.1) is 5.92 Å². The summed E-state index contributed by atoms with van der Waals surface area (Å²) in [6, 6.07) is 23.9. The molecule has 1 aromatic heterocycles. The van der Waals surface area contributed by atoms with Gasteiger partial charge in [0.05, 0.1) is 5.69 Å². The number of nitrogens with zero attached hydrogens (tertiary/aromatic N) is 1. The second-order valence-corrected chi connectivity index (χ2v) is 7.72. The Morgan fingerprint density at radius 3 is 2.28 bits per heavy atom. The predicted octanol–water partition coefficient (Wildman–Crippen LogP) is 6.27. The lowest BCUT2D eigenvalue weighted by Crippen LogP contribution is -2.18. The highest BCUT2D eigenvalue weighted by Crippen LogP contribution is 2.33. The van der Waals surface area contributed by atoms with Crippen LogP contribution in [-0.4, -0.2) is 4.98 Å². The smallest absolute Gasteiger partial charge is 0.0704 e. The molecule has 0 saturated carbocycles. The Morgan fingerprint density at radius 1 is 0.840 bits per heavy atom. The fourth-order valence-electron chi connectivity index (χ4n) is 3.32. The predicted molar refractivity (Wildman–Crippen MR) is 107 cm³/mol. The van der Waals surface area contributed by atoms with Crippen molar-refractivity contribution in [2.75, 3.05) is 0 Å². The third-order valence-electron chi connectivity index (χ3n) is 4.84. The van der Waals surface area contributed by atoms with Crippen molar-refractivity contribution >= 4 is 0 Å². The second-order valence-electron chi connectivity index (χ2n) is 7.72. The van der Waals surface area contributed by atoms with Crippen molar-refractivity contribution in [3.63, 3.8) is 0 Å². The summed E-state index contributed by atoms with van der Waals surface area (Å²) in [6.45, 7) is 9.07. The highest BCUT2D eigenvalue weighted by Gasteiger charge is 2.23. The molecule has 0 bridgehead atoms. The van der Waals surface area contributed by atoms with Gasteiger partial charge in [-0.25, -0.2) is 0 Å². The van der Waals surface area contributed by atoms with Gasteiger partial charge in [0.25, 0.3) is 0 Å². The Kier molecular flexibility index (Phi) is 5.03. The fourth-order valence-corrected chi connectivity index (χ4v) is 3.32. The van der Waals surface area contributed by atoms with Crippen LogP contribution >= 0.6 is 0 Å². The number of benzene rings is 2. The van der Waals surface area contributed by atoms with Crippen LogP contribution < -0.4 is 0 Å². The summed E-state index contributed by atoms with van der Waals surface area (Å²) in [4.78, 5) is 4.61. The molecule has 0 saturated heterocycles. The van der Waals surface area contributed by atoms with E-state index in [2.05, 4.69) is 99.4 Å². The zero-order valence-electron chi connectivity index (χ0n) is 15.7. The number of pyridine rings is 1. The van der Waals surface area contributed by atoms with E-state index in [-0.39, 0.29) is 5.41 Å². The molecule has 1 nitrogen and oxygen atoms in total. The Hall–Kier alpha value is -2.41. The molecule has 3 rings (SSSR count). The Labute approximate surface area is 151 Å². The molecule has 128 valence electrons. The lowest BCUT2D eigenvalue weighted by atomic mass is 9.77. The molecule has 1 heterocycles. The van der Waals surface area contributed by atoms with Crippen molar-refractivity contribution in [2.24, 2.45) is 5.92 Å². The monoisotopic (exact) mass is 329 g/mol. The van der Waals surface area contributed by atoms with Crippen LogP contribution in [0.1, 0.15) is 44.4 Å². The van der Waals surface area contributed by atoms with Gasteiger partial charge in [-0.2, -0.15) is 0 Å². The fraction of sp³-hybridized carbons (Fsp3) is 0.292. The summed E-state index contributed by atoms with van der Waals surface area (Å²) < 4.78 is 0.